The van der Waals surface area contributed by atoms with Crippen LogP contribution >= 0.6 is 11.6 Å². The van der Waals surface area contributed by atoms with Crippen molar-refractivity contribution in [3.63, 3.8) is 0 Å². The lowest BCUT2D eigenvalue weighted by Gasteiger charge is -2.29. The van der Waals surface area contributed by atoms with Gasteiger partial charge >= 0.3 is 0 Å². The van der Waals surface area contributed by atoms with Crippen molar-refractivity contribution in [2.45, 2.75) is 6.42 Å². The number of hydrogen-bond acceptors (Lipinski definition) is 5. The topological polar surface area (TPSA) is 85.0 Å². The molecule has 2 aliphatic rings. The first kappa shape index (κ1) is 27.6. The molecule has 0 bridgehead atoms. The molecule has 3 aromatic carbocycles. The normalized spacial score (nSPS) is 15.9. The molecule has 0 atom stereocenters. The number of carbonyl (C=O) groups excluding carboxylic acids is 3. The molecule has 3 amide bonds. The molecular formula is C30H31ClFN5O3. The maximum Gasteiger partial charge on any atom is 0.255 e. The summed E-state index contributed by atoms with van der Waals surface area (Å²) >= 11 is 6.11. The standard InChI is InChI=1S/C30H31ClFN5O3/c31-24-4-1-3-22(19-24)28(38)34-26-20-23(30(40)37-15-11-33-12-16-37)7-10-27(26)35-13-2-14-36(18-17-35)29(39)21-5-8-25(32)9-6-21/h1,3-10,19-20,33H,2,11-18H2,(H,34,38). The Hall–Kier alpha value is -3.95. The monoisotopic (exact) mass is 563 g/mol. The Balaban J connectivity index is 1.39. The summed E-state index contributed by atoms with van der Waals surface area (Å²) < 4.78 is 13.3. The van der Waals surface area contributed by atoms with E-state index in [1.54, 1.807) is 46.2 Å². The van der Waals surface area contributed by atoms with Crippen molar-refractivity contribution in [3.8, 4) is 0 Å². The van der Waals surface area contributed by atoms with E-state index in [9.17, 15) is 18.8 Å². The van der Waals surface area contributed by atoms with Gasteiger partial charge in [-0.05, 0) is 67.1 Å². The number of nitrogens with one attached hydrogen (secondary N) is 2. The minimum absolute atomic E-state index is 0.0850. The Bertz CT molecular complexity index is 1390. The molecule has 0 aromatic heterocycles. The van der Waals surface area contributed by atoms with E-state index in [-0.39, 0.29) is 23.5 Å². The van der Waals surface area contributed by atoms with Crippen LogP contribution in [0.2, 0.25) is 5.02 Å². The minimum Gasteiger partial charge on any atom is -0.368 e. The van der Waals surface area contributed by atoms with Crippen LogP contribution in [-0.4, -0.2) is 79.9 Å². The Morgan fingerprint density at radius 3 is 2.20 bits per heavy atom. The number of amides is 3. The van der Waals surface area contributed by atoms with E-state index in [1.165, 1.54) is 24.3 Å². The number of halogens is 2. The van der Waals surface area contributed by atoms with Crippen LogP contribution < -0.4 is 15.5 Å². The smallest absolute Gasteiger partial charge is 0.255 e. The van der Waals surface area contributed by atoms with Crippen LogP contribution in [0, 0.1) is 5.82 Å². The summed E-state index contributed by atoms with van der Waals surface area (Å²) in [7, 11) is 0. The van der Waals surface area contributed by atoms with Crippen molar-refractivity contribution in [1.29, 1.82) is 0 Å². The van der Waals surface area contributed by atoms with Gasteiger partial charge in [0.25, 0.3) is 17.7 Å². The lowest BCUT2D eigenvalue weighted by molar-refractivity contribution is 0.0734. The van der Waals surface area contributed by atoms with E-state index < -0.39 is 0 Å². The summed E-state index contributed by atoms with van der Waals surface area (Å²) in [5.74, 6) is -0.949. The lowest BCUT2D eigenvalue weighted by atomic mass is 10.1. The average molecular weight is 564 g/mol. The number of hydrogen-bond donors (Lipinski definition) is 2. The van der Waals surface area contributed by atoms with Crippen LogP contribution in [0.5, 0.6) is 0 Å². The van der Waals surface area contributed by atoms with Gasteiger partial charge in [0, 0.05) is 74.1 Å². The molecule has 0 aliphatic carbocycles. The summed E-state index contributed by atoms with van der Waals surface area (Å²) in [6.45, 7) is 4.90. The van der Waals surface area contributed by atoms with Gasteiger partial charge in [-0.2, -0.15) is 0 Å². The molecule has 0 spiro atoms. The first-order chi connectivity index (χ1) is 19.4. The van der Waals surface area contributed by atoms with Crippen molar-refractivity contribution in [2.24, 2.45) is 0 Å². The zero-order valence-corrected chi connectivity index (χ0v) is 22.8. The Morgan fingerprint density at radius 2 is 1.45 bits per heavy atom. The van der Waals surface area contributed by atoms with Crippen LogP contribution in [0.3, 0.4) is 0 Å². The highest BCUT2D eigenvalue weighted by atomic mass is 35.5. The quantitative estimate of drug-likeness (QED) is 0.488. The SMILES string of the molecule is O=C(Nc1cc(C(=O)N2CCNCC2)ccc1N1CCCN(C(=O)c2ccc(F)cc2)CC1)c1cccc(Cl)c1. The van der Waals surface area contributed by atoms with Crippen LogP contribution in [0.1, 0.15) is 37.5 Å². The van der Waals surface area contributed by atoms with Crippen molar-refractivity contribution < 1.29 is 18.8 Å². The van der Waals surface area contributed by atoms with Gasteiger partial charge in [-0.3, -0.25) is 14.4 Å². The molecule has 0 radical (unpaired) electrons. The number of benzene rings is 3. The zero-order chi connectivity index (χ0) is 28.1. The van der Waals surface area contributed by atoms with Gasteiger partial charge in [0.2, 0.25) is 0 Å². The largest absolute Gasteiger partial charge is 0.368 e. The molecule has 40 heavy (non-hydrogen) atoms. The number of anilines is 2. The van der Waals surface area contributed by atoms with Gasteiger partial charge < -0.3 is 25.3 Å². The summed E-state index contributed by atoms with van der Waals surface area (Å²) in [6, 6.07) is 17.6. The molecule has 2 N–H and O–H groups in total. The van der Waals surface area contributed by atoms with Crippen molar-refractivity contribution in [1.82, 2.24) is 15.1 Å². The molecule has 5 rings (SSSR count). The fourth-order valence-corrected chi connectivity index (χ4v) is 5.25. The Morgan fingerprint density at radius 1 is 0.750 bits per heavy atom. The lowest BCUT2D eigenvalue weighted by Crippen LogP contribution is -2.46. The van der Waals surface area contributed by atoms with Crippen LogP contribution in [0.15, 0.2) is 66.7 Å². The molecule has 8 nitrogen and oxygen atoms in total. The van der Waals surface area contributed by atoms with Crippen molar-refractivity contribution in [3.05, 3.63) is 94.3 Å². The van der Waals surface area contributed by atoms with Gasteiger partial charge in [-0.25, -0.2) is 4.39 Å². The highest BCUT2D eigenvalue weighted by Gasteiger charge is 2.24. The van der Waals surface area contributed by atoms with Crippen LogP contribution in [0.4, 0.5) is 15.8 Å². The van der Waals surface area contributed by atoms with Gasteiger partial charge in [0.15, 0.2) is 0 Å². The highest BCUT2D eigenvalue weighted by Crippen LogP contribution is 2.30. The molecule has 2 heterocycles. The fourth-order valence-electron chi connectivity index (χ4n) is 5.06. The molecular weight excluding hydrogens is 533 g/mol. The Kier molecular flexibility index (Phi) is 8.62. The van der Waals surface area contributed by atoms with E-state index in [1.807, 2.05) is 6.07 Å². The average Bonchev–Trinajstić information content (AvgIpc) is 3.23. The van der Waals surface area contributed by atoms with E-state index in [2.05, 4.69) is 15.5 Å². The molecule has 10 heteroatoms. The first-order valence-electron chi connectivity index (χ1n) is 13.4. The molecule has 2 saturated heterocycles. The molecule has 208 valence electrons. The second-order valence-electron chi connectivity index (χ2n) is 9.88. The Labute approximate surface area is 237 Å². The highest BCUT2D eigenvalue weighted by molar-refractivity contribution is 6.31. The summed E-state index contributed by atoms with van der Waals surface area (Å²) in [5.41, 5.74) is 2.63. The number of rotatable bonds is 5. The first-order valence-corrected chi connectivity index (χ1v) is 13.8. The van der Waals surface area contributed by atoms with Crippen molar-refractivity contribution >= 4 is 40.7 Å². The molecule has 3 aromatic rings. The van der Waals surface area contributed by atoms with Gasteiger partial charge in [0.05, 0.1) is 11.4 Å². The number of piperazine rings is 1. The van der Waals surface area contributed by atoms with Crippen LogP contribution in [-0.2, 0) is 0 Å². The predicted molar refractivity (Wildman–Crippen MR) is 154 cm³/mol. The summed E-state index contributed by atoms with van der Waals surface area (Å²) in [4.78, 5) is 45.2. The summed E-state index contributed by atoms with van der Waals surface area (Å²) in [6.07, 6.45) is 0.704. The molecule has 0 unspecified atom stereocenters. The molecule has 0 saturated carbocycles. The maximum atomic E-state index is 13.3. The second kappa shape index (κ2) is 12.5. The van der Waals surface area contributed by atoms with Crippen molar-refractivity contribution in [2.75, 3.05) is 62.6 Å². The minimum atomic E-state index is -0.384. The fraction of sp³-hybridized carbons (Fsp3) is 0.300. The van der Waals surface area contributed by atoms with Gasteiger partial charge in [-0.15, -0.1) is 0 Å². The van der Waals surface area contributed by atoms with E-state index in [0.29, 0.717) is 73.1 Å². The third kappa shape index (κ3) is 6.43. The van der Waals surface area contributed by atoms with Gasteiger partial charge in [-0.1, -0.05) is 17.7 Å². The summed E-state index contributed by atoms with van der Waals surface area (Å²) in [5, 5.41) is 6.70. The maximum absolute atomic E-state index is 13.3. The number of carbonyl (C=O) groups is 3. The molecule has 2 fully saturated rings. The second-order valence-corrected chi connectivity index (χ2v) is 10.3. The van der Waals surface area contributed by atoms with Crippen LogP contribution in [0.25, 0.3) is 0 Å². The third-order valence-electron chi connectivity index (χ3n) is 7.20. The predicted octanol–water partition coefficient (Wildman–Crippen LogP) is 4.13. The molecule has 2 aliphatic heterocycles. The number of nitrogens with zero attached hydrogens (tertiary/aromatic N) is 3. The zero-order valence-electron chi connectivity index (χ0n) is 22.0. The van der Waals surface area contributed by atoms with E-state index >= 15 is 0 Å². The third-order valence-corrected chi connectivity index (χ3v) is 7.43. The van der Waals surface area contributed by atoms with E-state index in [4.69, 9.17) is 11.6 Å². The van der Waals surface area contributed by atoms with E-state index in [0.717, 1.165) is 18.8 Å². The van der Waals surface area contributed by atoms with Gasteiger partial charge in [0.1, 0.15) is 5.82 Å².